The molecule has 0 radical (unpaired) electrons. The fourth-order valence-corrected chi connectivity index (χ4v) is 3.96. The van der Waals surface area contributed by atoms with Crippen molar-refractivity contribution >= 4 is 23.4 Å². The number of carbonyl (C=O) groups is 1. The van der Waals surface area contributed by atoms with Gasteiger partial charge in [0.25, 0.3) is 0 Å². The Labute approximate surface area is 149 Å². The number of halogens is 1. The molecule has 1 fully saturated rings. The molecule has 24 heavy (non-hydrogen) atoms. The third-order valence-corrected chi connectivity index (χ3v) is 5.07. The van der Waals surface area contributed by atoms with Crippen LogP contribution in [-0.4, -0.2) is 41.8 Å². The lowest BCUT2D eigenvalue weighted by Crippen LogP contribution is -2.47. The van der Waals surface area contributed by atoms with Crippen molar-refractivity contribution in [3.8, 4) is 0 Å². The minimum Gasteiger partial charge on any atom is -0.444 e. The maximum atomic E-state index is 12.3. The van der Waals surface area contributed by atoms with Gasteiger partial charge in [0, 0.05) is 35.9 Å². The zero-order valence-corrected chi connectivity index (χ0v) is 15.8. The van der Waals surface area contributed by atoms with Gasteiger partial charge in [0.2, 0.25) is 0 Å². The maximum absolute atomic E-state index is 12.3. The molecule has 5 heteroatoms. The molecule has 1 amide bonds. The second kappa shape index (κ2) is 6.47. The van der Waals surface area contributed by atoms with Crippen molar-refractivity contribution in [2.45, 2.75) is 64.6 Å². The summed E-state index contributed by atoms with van der Waals surface area (Å²) in [7, 11) is 0. The number of likely N-dealkylation sites (tertiary alicyclic amines) is 1. The Balaban J connectivity index is 1.75. The molecule has 0 N–H and O–H groups in total. The van der Waals surface area contributed by atoms with E-state index in [-0.39, 0.29) is 6.09 Å². The van der Waals surface area contributed by atoms with E-state index in [0.29, 0.717) is 12.1 Å². The zero-order chi connectivity index (χ0) is 17.5. The summed E-state index contributed by atoms with van der Waals surface area (Å²) in [5, 5.41) is 0.796. The summed E-state index contributed by atoms with van der Waals surface area (Å²) in [6.45, 7) is 9.47. The van der Waals surface area contributed by atoms with E-state index in [0.717, 1.165) is 37.4 Å². The molecule has 0 bridgehead atoms. The lowest BCUT2D eigenvalue weighted by molar-refractivity contribution is 0.0292. The Hall–Kier alpha value is -1.42. The van der Waals surface area contributed by atoms with Crippen LogP contribution in [0.5, 0.6) is 0 Å². The molecule has 0 aromatic heterocycles. The quantitative estimate of drug-likeness (QED) is 0.748. The third-order valence-electron chi connectivity index (χ3n) is 4.83. The van der Waals surface area contributed by atoms with Crippen LogP contribution in [-0.2, 0) is 11.2 Å². The van der Waals surface area contributed by atoms with Crippen LogP contribution in [0.25, 0.3) is 0 Å². The number of hydrogen-bond acceptors (Lipinski definition) is 3. The molecule has 1 saturated heterocycles. The van der Waals surface area contributed by atoms with Crippen molar-refractivity contribution in [1.29, 1.82) is 0 Å². The predicted molar refractivity (Wildman–Crippen MR) is 97.9 cm³/mol. The van der Waals surface area contributed by atoms with E-state index in [9.17, 15) is 4.79 Å². The van der Waals surface area contributed by atoms with Crippen molar-refractivity contribution in [2.24, 2.45) is 0 Å². The fraction of sp³-hybridized carbons (Fsp3) is 0.632. The van der Waals surface area contributed by atoms with Crippen LogP contribution >= 0.6 is 11.6 Å². The molecular weight excluding hydrogens is 324 g/mol. The molecule has 0 spiro atoms. The molecule has 0 aliphatic carbocycles. The molecule has 3 rings (SSSR count). The topological polar surface area (TPSA) is 32.8 Å². The summed E-state index contributed by atoms with van der Waals surface area (Å²) < 4.78 is 5.52. The van der Waals surface area contributed by atoms with Gasteiger partial charge in [-0.1, -0.05) is 11.6 Å². The lowest BCUT2D eigenvalue weighted by atomic mass is 9.94. The first kappa shape index (κ1) is 17.4. The number of hydrogen-bond donors (Lipinski definition) is 0. The van der Waals surface area contributed by atoms with Crippen molar-refractivity contribution in [3.63, 3.8) is 0 Å². The van der Waals surface area contributed by atoms with Crippen molar-refractivity contribution in [3.05, 3.63) is 28.8 Å². The second-order valence-corrected chi connectivity index (χ2v) is 8.37. The number of ether oxygens (including phenoxy) is 1. The molecule has 2 atom stereocenters. The van der Waals surface area contributed by atoms with Gasteiger partial charge in [-0.05, 0) is 70.7 Å². The number of benzene rings is 1. The molecule has 1 aromatic carbocycles. The number of nitrogens with zero attached hydrogens (tertiary/aromatic N) is 2. The van der Waals surface area contributed by atoms with Crippen molar-refractivity contribution in [1.82, 2.24) is 4.90 Å². The Bertz CT molecular complexity index is 626. The maximum Gasteiger partial charge on any atom is 0.410 e. The normalized spacial score (nSPS) is 24.0. The molecule has 2 aliphatic heterocycles. The molecule has 2 aliphatic rings. The first-order chi connectivity index (χ1) is 11.2. The van der Waals surface area contributed by atoms with Crippen LogP contribution in [0.1, 0.15) is 46.1 Å². The number of fused-ring (bicyclic) bond motifs is 1. The fourth-order valence-electron chi connectivity index (χ4n) is 3.76. The van der Waals surface area contributed by atoms with Crippen molar-refractivity contribution < 1.29 is 9.53 Å². The van der Waals surface area contributed by atoms with Crippen LogP contribution < -0.4 is 4.90 Å². The van der Waals surface area contributed by atoms with Crippen LogP contribution in [0.4, 0.5) is 10.5 Å². The summed E-state index contributed by atoms with van der Waals surface area (Å²) in [6.07, 6.45) is 2.96. The second-order valence-electron chi connectivity index (χ2n) is 7.94. The van der Waals surface area contributed by atoms with Gasteiger partial charge in [-0.3, -0.25) is 0 Å². The SMILES string of the molecule is C[C@@H]1CCc2cc(Cl)ccc2N1C1CCN(C(=O)OC(C)(C)C)C1. The van der Waals surface area contributed by atoms with E-state index in [4.69, 9.17) is 16.3 Å². The Morgan fingerprint density at radius 3 is 2.75 bits per heavy atom. The first-order valence-electron chi connectivity index (χ1n) is 8.79. The van der Waals surface area contributed by atoms with Crippen LogP contribution in [0.15, 0.2) is 18.2 Å². The summed E-state index contributed by atoms with van der Waals surface area (Å²) in [6, 6.07) is 6.99. The Morgan fingerprint density at radius 1 is 1.29 bits per heavy atom. The van der Waals surface area contributed by atoms with Crippen LogP contribution in [0, 0.1) is 0 Å². The van der Waals surface area contributed by atoms with Gasteiger partial charge in [0.1, 0.15) is 5.60 Å². The van der Waals surface area contributed by atoms with Gasteiger partial charge < -0.3 is 14.5 Å². The monoisotopic (exact) mass is 350 g/mol. The van der Waals surface area contributed by atoms with Crippen LogP contribution in [0.2, 0.25) is 5.02 Å². The Kier molecular flexibility index (Phi) is 4.69. The molecule has 0 saturated carbocycles. The number of rotatable bonds is 1. The molecule has 1 aromatic rings. The van der Waals surface area contributed by atoms with E-state index in [2.05, 4.69) is 24.0 Å². The third kappa shape index (κ3) is 3.64. The van der Waals surface area contributed by atoms with Gasteiger partial charge in [-0.2, -0.15) is 0 Å². The summed E-state index contributed by atoms with van der Waals surface area (Å²) >= 11 is 6.16. The summed E-state index contributed by atoms with van der Waals surface area (Å²) in [5.74, 6) is 0. The molecule has 2 heterocycles. The number of aryl methyl sites for hydroxylation is 1. The van der Waals surface area contributed by atoms with E-state index < -0.39 is 5.60 Å². The van der Waals surface area contributed by atoms with Crippen LogP contribution in [0.3, 0.4) is 0 Å². The molecule has 132 valence electrons. The minimum atomic E-state index is -0.447. The van der Waals surface area contributed by atoms with E-state index in [1.165, 1.54) is 11.3 Å². The minimum absolute atomic E-state index is 0.203. The summed E-state index contributed by atoms with van der Waals surface area (Å²) in [5.41, 5.74) is 2.14. The summed E-state index contributed by atoms with van der Waals surface area (Å²) in [4.78, 5) is 16.7. The molecular formula is C19H27ClN2O2. The molecule has 4 nitrogen and oxygen atoms in total. The smallest absolute Gasteiger partial charge is 0.410 e. The Morgan fingerprint density at radius 2 is 2.04 bits per heavy atom. The van der Waals surface area contributed by atoms with Crippen molar-refractivity contribution in [2.75, 3.05) is 18.0 Å². The lowest BCUT2D eigenvalue weighted by Gasteiger charge is -2.41. The van der Waals surface area contributed by atoms with Gasteiger partial charge >= 0.3 is 6.09 Å². The average Bonchev–Trinajstić information content (AvgIpc) is 2.95. The van der Waals surface area contributed by atoms with E-state index >= 15 is 0 Å². The number of anilines is 1. The van der Waals surface area contributed by atoms with E-state index in [1.807, 2.05) is 31.7 Å². The average molecular weight is 351 g/mol. The van der Waals surface area contributed by atoms with Gasteiger partial charge in [-0.15, -0.1) is 0 Å². The van der Waals surface area contributed by atoms with Gasteiger partial charge in [-0.25, -0.2) is 4.79 Å². The van der Waals surface area contributed by atoms with Gasteiger partial charge in [0.05, 0.1) is 0 Å². The highest BCUT2D eigenvalue weighted by molar-refractivity contribution is 6.30. The number of carbonyl (C=O) groups excluding carboxylic acids is 1. The number of amides is 1. The highest BCUT2D eigenvalue weighted by Gasteiger charge is 2.36. The zero-order valence-electron chi connectivity index (χ0n) is 15.0. The predicted octanol–water partition coefficient (Wildman–Crippen LogP) is 4.49. The highest BCUT2D eigenvalue weighted by atomic mass is 35.5. The van der Waals surface area contributed by atoms with E-state index in [1.54, 1.807) is 0 Å². The standard InChI is InChI=1S/C19H27ClN2O2/c1-13-5-6-14-11-15(20)7-8-17(14)22(13)16-9-10-21(12-16)18(23)24-19(2,3)4/h7-8,11,13,16H,5-6,9-10,12H2,1-4H3/t13-,16?/m1/s1. The molecule has 1 unspecified atom stereocenters. The van der Waals surface area contributed by atoms with Gasteiger partial charge in [0.15, 0.2) is 0 Å². The first-order valence-corrected chi connectivity index (χ1v) is 9.17. The largest absolute Gasteiger partial charge is 0.444 e. The highest BCUT2D eigenvalue weighted by Crippen LogP contribution is 2.36.